The van der Waals surface area contributed by atoms with Crippen LogP contribution in [0.5, 0.6) is 0 Å². The van der Waals surface area contributed by atoms with E-state index >= 15 is 0 Å². The number of rotatable bonds is 8. The Bertz CT molecular complexity index is 3500. The summed E-state index contributed by atoms with van der Waals surface area (Å²) in [4.78, 5) is 3.32. The normalized spacial score (nSPS) is 12.6. The van der Waals surface area contributed by atoms with Crippen LogP contribution in [0.3, 0.4) is 0 Å². The highest BCUT2D eigenvalue weighted by molar-refractivity contribution is 7.19. The summed E-state index contributed by atoms with van der Waals surface area (Å²) in [5.74, 6) is 0. The molecular weight excluding hydrogens is 733 g/mol. The number of para-hydroxylation sites is 1. The van der Waals surface area contributed by atoms with Gasteiger partial charge in [0.25, 0.3) is 0 Å². The Kier molecular flexibility index (Phi) is 7.46. The lowest BCUT2D eigenvalue weighted by Gasteiger charge is -2.24. The van der Waals surface area contributed by atoms with E-state index in [1.54, 1.807) is 11.3 Å². The third-order valence-electron chi connectivity index (χ3n) is 11.1. The third-order valence-corrected chi connectivity index (χ3v) is 12.3. The fraction of sp³-hybridized carbons (Fsp3) is 0. The highest BCUT2D eigenvalue weighted by Crippen LogP contribution is 2.44. The molecule has 0 saturated heterocycles. The fourth-order valence-electron chi connectivity index (χ4n) is 8.26. The lowest BCUT2D eigenvalue weighted by molar-refractivity contribution is 1.18. The molecule has 0 fully saturated rings. The van der Waals surface area contributed by atoms with Crippen molar-refractivity contribution >= 4 is 60.3 Å². The van der Waals surface area contributed by atoms with Crippen molar-refractivity contribution in [1.29, 1.82) is 0 Å². The van der Waals surface area contributed by atoms with Crippen molar-refractivity contribution in [3.8, 4) is 49.5 Å². The summed E-state index contributed by atoms with van der Waals surface area (Å²) < 4.78 is 44.0. The number of benzene rings is 9. The van der Waals surface area contributed by atoms with Crippen LogP contribution < -0.4 is 4.90 Å². The van der Waals surface area contributed by atoms with E-state index in [0.717, 1.165) is 54.8 Å². The van der Waals surface area contributed by atoms with E-state index in [0.29, 0.717) is 5.56 Å². The van der Waals surface area contributed by atoms with Gasteiger partial charge in [0.1, 0.15) is 5.00 Å². The molecule has 0 spiro atoms. The van der Waals surface area contributed by atoms with Gasteiger partial charge in [-0.3, -0.25) is 0 Å². The first-order chi connectivity index (χ1) is 31.3. The van der Waals surface area contributed by atoms with Crippen LogP contribution in [0.4, 0.5) is 16.4 Å². The molecule has 9 aromatic carbocycles. The molecular formula is C56H38N2S. The van der Waals surface area contributed by atoms with Gasteiger partial charge in [-0.1, -0.05) is 170 Å². The number of nitrogens with zero attached hydrogens (tertiary/aromatic N) is 2. The summed E-state index contributed by atoms with van der Waals surface area (Å²) in [6.07, 6.45) is 0. The minimum atomic E-state index is -0.401. The number of hydrogen-bond donors (Lipinski definition) is 0. The molecule has 0 atom stereocenters. The first-order valence-electron chi connectivity index (χ1n) is 22.2. The Labute approximate surface area is 355 Å². The van der Waals surface area contributed by atoms with Gasteiger partial charge >= 0.3 is 0 Å². The summed E-state index contributed by atoms with van der Waals surface area (Å²) in [7, 11) is 0. The number of hydrogen-bond acceptors (Lipinski definition) is 2. The molecule has 0 unspecified atom stereocenters. The molecule has 0 saturated carbocycles. The Morgan fingerprint density at radius 1 is 0.407 bits per heavy atom. The zero-order valence-corrected chi connectivity index (χ0v) is 32.7. The van der Waals surface area contributed by atoms with Crippen molar-refractivity contribution in [2.24, 2.45) is 0 Å². The molecule has 278 valence electrons. The van der Waals surface area contributed by atoms with Gasteiger partial charge in [0.2, 0.25) is 0 Å². The average Bonchev–Trinajstić information content (AvgIpc) is 3.97. The second-order valence-electron chi connectivity index (χ2n) is 14.6. The van der Waals surface area contributed by atoms with Gasteiger partial charge in [0, 0.05) is 32.7 Å². The lowest BCUT2D eigenvalue weighted by Crippen LogP contribution is -2.08. The van der Waals surface area contributed by atoms with Gasteiger partial charge in [-0.15, -0.1) is 11.3 Å². The van der Waals surface area contributed by atoms with Crippen molar-refractivity contribution in [3.63, 3.8) is 0 Å². The van der Waals surface area contributed by atoms with E-state index in [4.69, 9.17) is 6.85 Å². The summed E-state index contributed by atoms with van der Waals surface area (Å²) in [6.45, 7) is 0. The average molecular weight is 776 g/mol. The zero-order valence-electron chi connectivity index (χ0n) is 36.9. The molecule has 0 aliphatic carbocycles. The minimum absolute atomic E-state index is 0.185. The van der Waals surface area contributed by atoms with Gasteiger partial charge in [0.15, 0.2) is 0 Å². The Hall–Kier alpha value is -7.46. The smallest absolute Gasteiger partial charge is 0.101 e. The van der Waals surface area contributed by atoms with Gasteiger partial charge in [-0.25, -0.2) is 0 Å². The largest absolute Gasteiger partial charge is 0.309 e. The van der Waals surface area contributed by atoms with E-state index in [1.807, 2.05) is 42.5 Å². The van der Waals surface area contributed by atoms with Crippen molar-refractivity contribution < 1.29 is 6.85 Å². The molecule has 2 heterocycles. The van der Waals surface area contributed by atoms with Crippen LogP contribution in [0.15, 0.2) is 230 Å². The molecule has 11 aromatic rings. The highest BCUT2D eigenvalue weighted by Gasteiger charge is 2.18. The topological polar surface area (TPSA) is 8.17 Å². The zero-order chi connectivity index (χ0) is 43.5. The van der Waals surface area contributed by atoms with Crippen molar-refractivity contribution in [3.05, 3.63) is 230 Å². The molecule has 59 heavy (non-hydrogen) atoms. The first-order valence-corrected chi connectivity index (χ1v) is 20.5. The van der Waals surface area contributed by atoms with Gasteiger partial charge in [-0.2, -0.15) is 0 Å². The first kappa shape index (κ1) is 29.7. The van der Waals surface area contributed by atoms with Gasteiger partial charge in [0.05, 0.1) is 17.9 Å². The maximum Gasteiger partial charge on any atom is 0.101 e. The quantitative estimate of drug-likeness (QED) is 0.149. The van der Waals surface area contributed by atoms with Gasteiger partial charge in [-0.05, 0) is 110 Å². The summed E-state index contributed by atoms with van der Waals surface area (Å²) >= 11 is 1.69. The number of thiophene rings is 1. The number of fused-ring (bicyclic) bond motifs is 5. The van der Waals surface area contributed by atoms with Crippen molar-refractivity contribution in [2.75, 3.05) is 4.90 Å². The SMILES string of the molecule is [2H]c1c([2H])c([2H])c(-c2ccc(N(c3ccc(-c4ccccc4)cc3)c3ccc(-c4ccc(-c5ccc6c7c8ccccc8ccc7n(-c7ccccc7)c6c5)cc4)s3)cc2)c([2H])c1[2H]. The molecule has 2 aromatic heterocycles. The predicted molar refractivity (Wildman–Crippen MR) is 253 cm³/mol. The molecule has 0 radical (unpaired) electrons. The predicted octanol–water partition coefficient (Wildman–Crippen LogP) is 16.1. The van der Waals surface area contributed by atoms with Gasteiger partial charge < -0.3 is 9.47 Å². The third kappa shape index (κ3) is 6.39. The Balaban J connectivity index is 0.954. The van der Waals surface area contributed by atoms with Crippen molar-refractivity contribution in [1.82, 2.24) is 4.57 Å². The Morgan fingerprint density at radius 2 is 0.983 bits per heavy atom. The van der Waals surface area contributed by atoms with Crippen LogP contribution in [0.2, 0.25) is 0 Å². The summed E-state index contributed by atoms with van der Waals surface area (Å²) in [5, 5.41) is 5.98. The summed E-state index contributed by atoms with van der Waals surface area (Å²) in [6, 6.07) is 68.5. The minimum Gasteiger partial charge on any atom is -0.309 e. The maximum atomic E-state index is 8.55. The molecule has 2 nitrogen and oxygen atoms in total. The van der Waals surface area contributed by atoms with Crippen LogP contribution in [0.25, 0.3) is 82.1 Å². The second kappa shape index (κ2) is 14.8. The Morgan fingerprint density at radius 3 is 1.71 bits per heavy atom. The molecule has 0 bridgehead atoms. The number of anilines is 3. The van der Waals surface area contributed by atoms with E-state index < -0.39 is 6.04 Å². The van der Waals surface area contributed by atoms with Crippen LogP contribution in [0, 0.1) is 0 Å². The van der Waals surface area contributed by atoms with Crippen molar-refractivity contribution in [2.45, 2.75) is 0 Å². The van der Waals surface area contributed by atoms with E-state index in [-0.39, 0.29) is 29.7 Å². The molecule has 3 heteroatoms. The summed E-state index contributed by atoms with van der Waals surface area (Å²) in [5.41, 5.74) is 11.7. The molecule has 0 aliphatic heterocycles. The maximum absolute atomic E-state index is 8.55. The molecule has 0 amide bonds. The van der Waals surface area contributed by atoms with E-state index in [2.05, 4.69) is 167 Å². The van der Waals surface area contributed by atoms with Crippen LogP contribution in [-0.2, 0) is 0 Å². The van der Waals surface area contributed by atoms with Crippen LogP contribution in [0.1, 0.15) is 6.85 Å². The van der Waals surface area contributed by atoms with Crippen LogP contribution in [-0.4, -0.2) is 4.57 Å². The van der Waals surface area contributed by atoms with E-state index in [9.17, 15) is 0 Å². The lowest BCUT2D eigenvalue weighted by atomic mass is 10.00. The van der Waals surface area contributed by atoms with E-state index in [1.165, 1.54) is 32.6 Å². The number of aromatic nitrogens is 1. The molecule has 11 rings (SSSR count). The monoisotopic (exact) mass is 775 g/mol. The van der Waals surface area contributed by atoms with Crippen LogP contribution >= 0.6 is 11.3 Å². The highest BCUT2D eigenvalue weighted by atomic mass is 32.1. The molecule has 0 aliphatic rings. The standard InChI is InChI=1S/C56H38N2S/c1-4-12-39(13-5-1)41-24-30-48(31-25-41)57(49-32-26-42(27-33-49)40-14-6-2-7-15-40)55-37-36-54(59-55)45-22-20-43(21-23-45)46-28-34-51-53(38-46)58(47-17-8-3-9-18-47)52-35-29-44-16-10-11-19-50(44)56(51)52/h1-38H/i1D,4D,5D,12D,13D. The second-order valence-corrected chi connectivity index (χ2v) is 15.7. The molecule has 0 N–H and O–H groups in total. The fourth-order valence-corrected chi connectivity index (χ4v) is 9.31.